The van der Waals surface area contributed by atoms with Crippen LogP contribution < -0.4 is 4.90 Å². The van der Waals surface area contributed by atoms with Gasteiger partial charge in [0.1, 0.15) is 22.8 Å². The minimum Gasteiger partial charge on any atom is -0.455 e. The second-order valence-corrected chi connectivity index (χ2v) is 16.1. The number of benzene rings is 8. The normalized spacial score (nSPS) is 14.9. The van der Waals surface area contributed by atoms with Crippen LogP contribution in [0.4, 0.5) is 21.6 Å². The highest BCUT2D eigenvalue weighted by Crippen LogP contribution is 2.65. The lowest BCUT2D eigenvalue weighted by Crippen LogP contribution is -2.26. The molecule has 0 fully saturated rings. The fraction of sp³-hybridized carbons (Fsp3) is 0.0364. The number of hydrogen-bond donors (Lipinski definition) is 0. The van der Waals surface area contributed by atoms with Gasteiger partial charge in [-0.1, -0.05) is 121 Å². The minimum absolute atomic E-state index is 0.260. The Morgan fingerprint density at radius 2 is 1.27 bits per heavy atom. The number of hydrogen-bond acceptors (Lipinski definition) is 3. The first-order chi connectivity index (χ1) is 29.6. The molecule has 0 aliphatic heterocycles. The van der Waals surface area contributed by atoms with E-state index in [4.69, 9.17) is 9.40 Å². The van der Waals surface area contributed by atoms with Crippen LogP contribution in [0, 0.1) is 12.7 Å². The SMILES string of the molecule is Cc1ccc(N(c2ccc3c4ccccc4n(-c4ccccc4)c3c2)c2cc3c(c4oc5ccccc5c24)-c2ccccc2C32c3ccccc3-c3ccc(F)cc32)nc1. The third-order valence-electron chi connectivity index (χ3n) is 12.9. The van der Waals surface area contributed by atoms with Gasteiger partial charge < -0.3 is 8.98 Å². The van der Waals surface area contributed by atoms with Gasteiger partial charge in [0.15, 0.2) is 0 Å². The topological polar surface area (TPSA) is 34.2 Å². The van der Waals surface area contributed by atoms with Crippen molar-refractivity contribution in [1.29, 1.82) is 0 Å². The van der Waals surface area contributed by atoms with Crippen LogP contribution in [-0.4, -0.2) is 9.55 Å². The van der Waals surface area contributed by atoms with Crippen LogP contribution in [0.1, 0.15) is 27.8 Å². The molecule has 0 radical (unpaired) electrons. The first kappa shape index (κ1) is 33.2. The molecule has 4 nitrogen and oxygen atoms in total. The van der Waals surface area contributed by atoms with Gasteiger partial charge in [0.05, 0.1) is 27.5 Å². The van der Waals surface area contributed by atoms with E-state index < -0.39 is 5.41 Å². The van der Waals surface area contributed by atoms with Gasteiger partial charge in [-0.2, -0.15) is 0 Å². The van der Waals surface area contributed by atoms with E-state index in [1.54, 1.807) is 12.1 Å². The van der Waals surface area contributed by atoms with Gasteiger partial charge in [-0.3, -0.25) is 4.90 Å². The molecule has 0 saturated heterocycles. The molecular formula is C55H34FN3O. The maximum Gasteiger partial charge on any atom is 0.145 e. The highest BCUT2D eigenvalue weighted by Gasteiger charge is 2.53. The molecule has 8 aromatic carbocycles. The molecule has 11 aromatic rings. The van der Waals surface area contributed by atoms with E-state index in [0.29, 0.717) is 0 Å². The zero-order valence-electron chi connectivity index (χ0n) is 32.5. The summed E-state index contributed by atoms with van der Waals surface area (Å²) < 4.78 is 25.2. The molecule has 2 aliphatic rings. The molecule has 0 bridgehead atoms. The molecule has 1 atom stereocenters. The Hall–Kier alpha value is -7.76. The van der Waals surface area contributed by atoms with Crippen molar-refractivity contribution < 1.29 is 8.81 Å². The lowest BCUT2D eigenvalue weighted by atomic mass is 9.70. The van der Waals surface area contributed by atoms with Gasteiger partial charge in [-0.25, -0.2) is 9.37 Å². The van der Waals surface area contributed by atoms with Crippen LogP contribution >= 0.6 is 0 Å². The van der Waals surface area contributed by atoms with Crippen molar-refractivity contribution in [3.8, 4) is 27.9 Å². The lowest BCUT2D eigenvalue weighted by Gasteiger charge is -2.32. The fourth-order valence-corrected chi connectivity index (χ4v) is 10.6. The number of aromatic nitrogens is 2. The highest BCUT2D eigenvalue weighted by atomic mass is 19.1. The molecule has 2 aliphatic carbocycles. The summed E-state index contributed by atoms with van der Waals surface area (Å²) in [6, 6.07) is 63.3. The molecule has 0 saturated carbocycles. The third-order valence-corrected chi connectivity index (χ3v) is 12.9. The molecule has 3 heterocycles. The van der Waals surface area contributed by atoms with Gasteiger partial charge in [0.2, 0.25) is 0 Å². The van der Waals surface area contributed by atoms with Crippen LogP contribution in [0.25, 0.3) is 71.7 Å². The fourth-order valence-electron chi connectivity index (χ4n) is 10.6. The predicted molar refractivity (Wildman–Crippen MR) is 242 cm³/mol. The van der Waals surface area contributed by atoms with Crippen molar-refractivity contribution in [2.45, 2.75) is 12.3 Å². The summed E-state index contributed by atoms with van der Waals surface area (Å²) in [6.45, 7) is 2.07. The van der Waals surface area contributed by atoms with Gasteiger partial charge >= 0.3 is 0 Å². The maximum absolute atomic E-state index is 15.8. The van der Waals surface area contributed by atoms with Crippen molar-refractivity contribution in [3.05, 3.63) is 222 Å². The average molecular weight is 772 g/mol. The molecule has 60 heavy (non-hydrogen) atoms. The highest BCUT2D eigenvalue weighted by molar-refractivity contribution is 6.20. The smallest absolute Gasteiger partial charge is 0.145 e. The number of anilines is 3. The second kappa shape index (κ2) is 12.1. The summed E-state index contributed by atoms with van der Waals surface area (Å²) >= 11 is 0. The number of halogens is 1. The van der Waals surface area contributed by atoms with E-state index in [1.165, 1.54) is 10.8 Å². The predicted octanol–water partition coefficient (Wildman–Crippen LogP) is 14.3. The van der Waals surface area contributed by atoms with Gasteiger partial charge in [0, 0.05) is 39.3 Å². The number of fused-ring (bicyclic) bond motifs is 17. The number of nitrogens with zero attached hydrogens (tertiary/aromatic N) is 3. The Morgan fingerprint density at radius 3 is 2.10 bits per heavy atom. The molecule has 1 spiro atoms. The van der Waals surface area contributed by atoms with Crippen molar-refractivity contribution >= 4 is 60.9 Å². The zero-order valence-corrected chi connectivity index (χ0v) is 32.5. The molecular weight excluding hydrogens is 738 g/mol. The Bertz CT molecular complexity index is 3580. The molecule has 3 aromatic heterocycles. The third kappa shape index (κ3) is 4.30. The van der Waals surface area contributed by atoms with Crippen molar-refractivity contribution in [2.24, 2.45) is 0 Å². The second-order valence-electron chi connectivity index (χ2n) is 16.1. The summed E-state index contributed by atoms with van der Waals surface area (Å²) in [5, 5.41) is 4.36. The van der Waals surface area contributed by atoms with Crippen LogP contribution in [0.2, 0.25) is 0 Å². The first-order valence-corrected chi connectivity index (χ1v) is 20.4. The van der Waals surface area contributed by atoms with Gasteiger partial charge in [0.25, 0.3) is 0 Å². The number of aryl methyl sites for hydroxylation is 1. The zero-order chi connectivity index (χ0) is 39.7. The molecule has 0 N–H and O–H groups in total. The van der Waals surface area contributed by atoms with E-state index in [1.807, 2.05) is 18.3 Å². The van der Waals surface area contributed by atoms with Gasteiger partial charge in [-0.05, 0) is 112 Å². The first-order valence-electron chi connectivity index (χ1n) is 20.4. The van der Waals surface area contributed by atoms with Crippen LogP contribution in [0.15, 0.2) is 193 Å². The van der Waals surface area contributed by atoms with E-state index in [-0.39, 0.29) is 5.82 Å². The largest absolute Gasteiger partial charge is 0.455 e. The number of para-hydroxylation sites is 3. The maximum atomic E-state index is 15.8. The van der Waals surface area contributed by atoms with E-state index >= 15 is 4.39 Å². The summed E-state index contributed by atoms with van der Waals surface area (Å²) in [6.07, 6.45) is 1.93. The molecule has 0 amide bonds. The van der Waals surface area contributed by atoms with E-state index in [9.17, 15) is 0 Å². The monoisotopic (exact) mass is 771 g/mol. The standard InChI is InChI=1S/C55H34FN3O/c1-33-23-28-51(57-32-33)59(36-25-27-40-39-16-7-11-21-47(39)58(48(40)30-36)35-13-3-2-4-14-35)49-31-46-52(54-53(49)42-18-8-12-22-50(42)60-54)41-17-6-10-20-44(41)55(46)43-19-9-5-15-37(43)38-26-24-34(56)29-45(38)55/h2-32H,1H3. The Labute approximate surface area is 345 Å². The number of furan rings is 1. The number of rotatable bonds is 4. The number of pyridine rings is 1. The van der Waals surface area contributed by atoms with Crippen molar-refractivity contribution in [2.75, 3.05) is 4.90 Å². The van der Waals surface area contributed by atoms with Gasteiger partial charge in [-0.15, -0.1) is 0 Å². The summed E-state index contributed by atoms with van der Waals surface area (Å²) in [5.74, 6) is 0.515. The van der Waals surface area contributed by atoms with E-state index in [0.717, 1.165) is 106 Å². The molecule has 13 rings (SSSR count). The quantitative estimate of drug-likeness (QED) is 0.179. The average Bonchev–Trinajstić information content (AvgIpc) is 4.01. The Kier molecular flexibility index (Phi) is 6.72. The summed E-state index contributed by atoms with van der Waals surface area (Å²) in [5.41, 5.74) is 15.6. The Morgan fingerprint density at radius 1 is 0.567 bits per heavy atom. The minimum atomic E-state index is -0.808. The molecule has 1 unspecified atom stereocenters. The lowest BCUT2D eigenvalue weighted by molar-refractivity contribution is 0.622. The molecule has 282 valence electrons. The van der Waals surface area contributed by atoms with E-state index in [2.05, 4.69) is 174 Å². The Balaban J connectivity index is 1.19. The van der Waals surface area contributed by atoms with Crippen molar-refractivity contribution in [1.82, 2.24) is 9.55 Å². The molecule has 5 heteroatoms. The van der Waals surface area contributed by atoms with Crippen LogP contribution in [-0.2, 0) is 5.41 Å². The summed E-state index contributed by atoms with van der Waals surface area (Å²) in [4.78, 5) is 7.44. The van der Waals surface area contributed by atoms with Crippen LogP contribution in [0.3, 0.4) is 0 Å². The van der Waals surface area contributed by atoms with Crippen LogP contribution in [0.5, 0.6) is 0 Å². The van der Waals surface area contributed by atoms with Crippen molar-refractivity contribution in [3.63, 3.8) is 0 Å². The summed E-state index contributed by atoms with van der Waals surface area (Å²) in [7, 11) is 0.